The molecule has 0 unspecified atom stereocenters. The number of benzene rings is 2. The molecule has 0 bridgehead atoms. The van der Waals surface area contributed by atoms with Crippen molar-refractivity contribution in [2.45, 2.75) is 65.8 Å². The average molecular weight is 479 g/mol. The van der Waals surface area contributed by atoms with E-state index in [0.29, 0.717) is 29.4 Å². The van der Waals surface area contributed by atoms with Gasteiger partial charge in [-0.2, -0.15) is 0 Å². The van der Waals surface area contributed by atoms with Gasteiger partial charge < -0.3 is 24.9 Å². The van der Waals surface area contributed by atoms with Gasteiger partial charge >= 0.3 is 0 Å². The number of methoxy groups -OCH3 is 2. The number of aromatic hydroxyl groups is 1. The van der Waals surface area contributed by atoms with Crippen LogP contribution in [0.2, 0.25) is 0 Å². The number of aromatic nitrogens is 1. The minimum atomic E-state index is -0.481. The topological polar surface area (TPSA) is 86.7 Å². The molecule has 0 radical (unpaired) electrons. The van der Waals surface area contributed by atoms with E-state index in [0.717, 1.165) is 33.6 Å². The molecule has 0 saturated carbocycles. The van der Waals surface area contributed by atoms with Gasteiger partial charge in [0.15, 0.2) is 11.5 Å². The van der Waals surface area contributed by atoms with E-state index < -0.39 is 5.91 Å². The van der Waals surface area contributed by atoms with Crippen LogP contribution >= 0.6 is 0 Å². The van der Waals surface area contributed by atoms with Gasteiger partial charge in [-0.25, -0.2) is 0 Å². The summed E-state index contributed by atoms with van der Waals surface area (Å²) in [5.74, 6) is 1.12. The van der Waals surface area contributed by atoms with Gasteiger partial charge in [0.2, 0.25) is 0 Å². The van der Waals surface area contributed by atoms with Crippen molar-refractivity contribution in [3.63, 3.8) is 0 Å². The van der Waals surface area contributed by atoms with E-state index >= 15 is 0 Å². The van der Waals surface area contributed by atoms with Crippen LogP contribution in [0, 0.1) is 6.92 Å². The van der Waals surface area contributed by atoms with Crippen LogP contribution in [-0.2, 0) is 17.4 Å². The zero-order chi connectivity index (χ0) is 26.3. The minimum Gasteiger partial charge on any atom is -0.507 e. The second-order valence-electron chi connectivity index (χ2n) is 11.1. The van der Waals surface area contributed by atoms with Gasteiger partial charge in [-0.05, 0) is 47.6 Å². The van der Waals surface area contributed by atoms with Crippen molar-refractivity contribution < 1.29 is 19.4 Å². The summed E-state index contributed by atoms with van der Waals surface area (Å²) in [7, 11) is 3.22. The molecule has 0 spiro atoms. The molecule has 0 fully saturated rings. The lowest BCUT2D eigenvalue weighted by Gasteiger charge is -2.28. The number of ether oxygens (including phenoxy) is 2. The van der Waals surface area contributed by atoms with Crippen molar-refractivity contribution in [2.24, 2.45) is 5.73 Å². The Kier molecular flexibility index (Phi) is 6.98. The van der Waals surface area contributed by atoms with Gasteiger partial charge in [-0.15, -0.1) is 0 Å². The molecule has 1 aromatic heterocycles. The first-order valence-electron chi connectivity index (χ1n) is 11.8. The van der Waals surface area contributed by atoms with Crippen LogP contribution < -0.4 is 15.2 Å². The number of amides is 1. The van der Waals surface area contributed by atoms with Gasteiger partial charge in [0, 0.05) is 28.1 Å². The smallest absolute Gasteiger partial charge is 0.250 e. The number of para-hydroxylation sites is 1. The van der Waals surface area contributed by atoms with Crippen molar-refractivity contribution in [3.8, 4) is 28.5 Å². The molecule has 3 rings (SSSR count). The fourth-order valence-electron chi connectivity index (χ4n) is 4.51. The number of carbonyl (C=O) groups is 1. The number of hydrogen-bond acceptors (Lipinski definition) is 4. The van der Waals surface area contributed by atoms with Crippen molar-refractivity contribution >= 4 is 5.91 Å². The van der Waals surface area contributed by atoms with Gasteiger partial charge in [-0.3, -0.25) is 4.79 Å². The standard InChI is InChI=1S/C29H38N2O4/c1-17-20(27(30)33)15-23(31(17)16-18-11-10-12-24(34-8)26(18)35-9)19-13-21(28(2,3)4)25(32)22(14-19)29(5,6)7/h10-15,32H,16H2,1-9H3,(H2,30,33). The monoisotopic (exact) mass is 478 g/mol. The molecule has 35 heavy (non-hydrogen) atoms. The first kappa shape index (κ1) is 26.2. The summed E-state index contributed by atoms with van der Waals surface area (Å²) < 4.78 is 13.2. The van der Waals surface area contributed by atoms with Gasteiger partial charge in [0.05, 0.1) is 26.3 Å². The van der Waals surface area contributed by atoms with E-state index in [-0.39, 0.29) is 10.8 Å². The SMILES string of the molecule is COc1cccc(Cn2c(-c3cc(C(C)(C)C)c(O)c(C(C)(C)C)c3)cc(C(N)=O)c2C)c1OC. The van der Waals surface area contributed by atoms with Crippen LogP contribution in [0.4, 0.5) is 0 Å². The van der Waals surface area contributed by atoms with Crippen LogP contribution in [0.5, 0.6) is 17.2 Å². The van der Waals surface area contributed by atoms with E-state index in [9.17, 15) is 9.90 Å². The lowest BCUT2D eigenvalue weighted by Crippen LogP contribution is -2.17. The van der Waals surface area contributed by atoms with E-state index in [4.69, 9.17) is 15.2 Å². The summed E-state index contributed by atoms with van der Waals surface area (Å²) in [5, 5.41) is 11.2. The second-order valence-corrected chi connectivity index (χ2v) is 11.1. The van der Waals surface area contributed by atoms with Crippen molar-refractivity contribution in [3.05, 3.63) is 64.3 Å². The molecular formula is C29H38N2O4. The molecule has 3 aromatic rings. The third kappa shape index (κ3) is 5.02. The number of carbonyl (C=O) groups excluding carboxylic acids is 1. The van der Waals surface area contributed by atoms with E-state index in [1.165, 1.54) is 0 Å². The Hall–Kier alpha value is -3.41. The highest BCUT2D eigenvalue weighted by atomic mass is 16.5. The summed E-state index contributed by atoms with van der Waals surface area (Å²) in [4.78, 5) is 12.3. The largest absolute Gasteiger partial charge is 0.507 e. The Morgan fingerprint density at radius 1 is 0.971 bits per heavy atom. The summed E-state index contributed by atoms with van der Waals surface area (Å²) in [6, 6.07) is 11.6. The highest BCUT2D eigenvalue weighted by Gasteiger charge is 2.28. The highest BCUT2D eigenvalue weighted by molar-refractivity contribution is 5.95. The lowest BCUT2D eigenvalue weighted by atomic mass is 9.78. The minimum absolute atomic E-state index is 0.283. The third-order valence-electron chi connectivity index (χ3n) is 6.47. The average Bonchev–Trinajstić information content (AvgIpc) is 3.08. The molecule has 0 saturated heterocycles. The molecular weight excluding hydrogens is 440 g/mol. The number of rotatable bonds is 6. The fourth-order valence-corrected chi connectivity index (χ4v) is 4.51. The Bertz CT molecular complexity index is 1220. The molecule has 1 heterocycles. The first-order valence-corrected chi connectivity index (χ1v) is 11.8. The van der Waals surface area contributed by atoms with Gasteiger partial charge in [0.1, 0.15) is 5.75 Å². The molecule has 1 amide bonds. The normalized spacial score (nSPS) is 12.0. The Labute approximate surface area is 208 Å². The summed E-state index contributed by atoms with van der Waals surface area (Å²) >= 11 is 0. The summed E-state index contributed by atoms with van der Waals surface area (Å²) in [6.45, 7) is 14.8. The quantitative estimate of drug-likeness (QED) is 0.460. The molecule has 188 valence electrons. The Morgan fingerprint density at radius 2 is 1.54 bits per heavy atom. The zero-order valence-corrected chi connectivity index (χ0v) is 22.4. The van der Waals surface area contributed by atoms with Crippen LogP contribution in [0.25, 0.3) is 11.3 Å². The number of nitrogens with two attached hydrogens (primary N) is 1. The van der Waals surface area contributed by atoms with Crippen molar-refractivity contribution in [1.29, 1.82) is 0 Å². The van der Waals surface area contributed by atoms with Crippen LogP contribution in [0.15, 0.2) is 36.4 Å². The maximum atomic E-state index is 12.3. The number of phenols is 1. The summed E-state index contributed by atoms with van der Waals surface area (Å²) in [5.41, 5.74) is 10.8. The van der Waals surface area contributed by atoms with Crippen molar-refractivity contribution in [1.82, 2.24) is 4.57 Å². The van der Waals surface area contributed by atoms with E-state index in [2.05, 4.69) is 46.1 Å². The van der Waals surface area contributed by atoms with Crippen LogP contribution in [-0.4, -0.2) is 29.8 Å². The maximum absolute atomic E-state index is 12.3. The molecule has 6 nitrogen and oxygen atoms in total. The molecule has 3 N–H and O–H groups in total. The van der Waals surface area contributed by atoms with Crippen molar-refractivity contribution in [2.75, 3.05) is 14.2 Å². The first-order chi connectivity index (χ1) is 16.2. The number of nitrogens with zero attached hydrogens (tertiary/aromatic N) is 1. The van der Waals surface area contributed by atoms with Gasteiger partial charge in [0.25, 0.3) is 5.91 Å². The highest BCUT2D eigenvalue weighted by Crippen LogP contribution is 2.43. The molecule has 0 aliphatic carbocycles. The molecule has 0 aliphatic rings. The van der Waals surface area contributed by atoms with Crippen LogP contribution in [0.1, 0.15) is 74.3 Å². The number of primary amides is 1. The van der Waals surface area contributed by atoms with E-state index in [1.807, 2.05) is 43.3 Å². The fraction of sp³-hybridized carbons (Fsp3) is 0.414. The summed E-state index contributed by atoms with van der Waals surface area (Å²) in [6.07, 6.45) is 0. The second kappa shape index (κ2) is 9.33. The lowest BCUT2D eigenvalue weighted by molar-refractivity contribution is 0.0999. The zero-order valence-electron chi connectivity index (χ0n) is 22.4. The number of hydrogen-bond donors (Lipinski definition) is 2. The molecule has 0 atom stereocenters. The molecule has 0 aliphatic heterocycles. The maximum Gasteiger partial charge on any atom is 0.250 e. The van der Waals surface area contributed by atoms with Crippen LogP contribution in [0.3, 0.4) is 0 Å². The van der Waals surface area contributed by atoms with E-state index in [1.54, 1.807) is 14.2 Å². The number of phenolic OH excluding ortho intramolecular Hbond substituents is 1. The predicted molar refractivity (Wildman–Crippen MR) is 141 cm³/mol. The Balaban J connectivity index is 2.33. The molecule has 2 aromatic carbocycles. The predicted octanol–water partition coefficient (Wildman–Crippen LogP) is 5.93. The third-order valence-corrected chi connectivity index (χ3v) is 6.47. The molecule has 6 heteroatoms. The Morgan fingerprint density at radius 3 is 2.00 bits per heavy atom. The van der Waals surface area contributed by atoms with Gasteiger partial charge in [-0.1, -0.05) is 53.7 Å².